The maximum atomic E-state index is 13.5. The normalized spacial score (nSPS) is 15.5. The average Bonchev–Trinajstić information content (AvgIpc) is 3.47. The molecular formula is C24H25N2O5+. The third-order valence-corrected chi connectivity index (χ3v) is 6.02. The summed E-state index contributed by atoms with van der Waals surface area (Å²) in [5.74, 6) is 1.08. The van der Waals surface area contributed by atoms with Crippen LogP contribution in [-0.4, -0.2) is 43.8 Å². The van der Waals surface area contributed by atoms with Crippen molar-refractivity contribution in [1.29, 1.82) is 0 Å². The standard InChI is InChI=1S/C24H24N2O5/c27-23(19-14-18-5-1-2-6-20(18)31-24(19)28)26(12-11-25-9-3-4-10-25)15-17-7-8-21-22(13-17)30-16-29-21/h1-2,5-8,13-14H,3-4,9-12,15-16H2/p+1. The highest BCUT2D eigenvalue weighted by molar-refractivity contribution is 5.96. The molecule has 5 rings (SSSR count). The Morgan fingerprint density at radius 2 is 1.81 bits per heavy atom. The number of hydrogen-bond donors (Lipinski definition) is 1. The molecule has 0 saturated carbocycles. The molecule has 2 aliphatic heterocycles. The van der Waals surface area contributed by atoms with Gasteiger partial charge in [-0.1, -0.05) is 24.3 Å². The zero-order chi connectivity index (χ0) is 21.2. The predicted molar refractivity (Wildman–Crippen MR) is 115 cm³/mol. The van der Waals surface area contributed by atoms with E-state index in [1.54, 1.807) is 23.1 Å². The Kier molecular flexibility index (Phi) is 5.34. The Hall–Kier alpha value is -3.32. The van der Waals surface area contributed by atoms with Gasteiger partial charge in [0.25, 0.3) is 5.91 Å². The van der Waals surface area contributed by atoms with E-state index in [9.17, 15) is 9.59 Å². The first-order chi connectivity index (χ1) is 15.2. The minimum absolute atomic E-state index is 0.0656. The molecule has 0 aliphatic carbocycles. The second kappa shape index (κ2) is 8.43. The molecule has 160 valence electrons. The van der Waals surface area contributed by atoms with Crippen LogP contribution in [0.15, 0.2) is 57.7 Å². The van der Waals surface area contributed by atoms with Crippen molar-refractivity contribution in [2.24, 2.45) is 0 Å². The highest BCUT2D eigenvalue weighted by atomic mass is 16.7. The first-order valence-electron chi connectivity index (χ1n) is 10.7. The Bertz CT molecular complexity index is 1170. The van der Waals surface area contributed by atoms with Gasteiger partial charge in [-0.3, -0.25) is 4.79 Å². The minimum Gasteiger partial charge on any atom is -0.454 e. The van der Waals surface area contributed by atoms with Crippen molar-refractivity contribution < 1.29 is 23.6 Å². The van der Waals surface area contributed by atoms with Gasteiger partial charge in [0.2, 0.25) is 6.79 Å². The van der Waals surface area contributed by atoms with E-state index < -0.39 is 5.63 Å². The fourth-order valence-corrected chi connectivity index (χ4v) is 4.31. The summed E-state index contributed by atoms with van der Waals surface area (Å²) in [6.45, 7) is 4.27. The first-order valence-corrected chi connectivity index (χ1v) is 10.7. The average molecular weight is 421 g/mol. The monoisotopic (exact) mass is 421 g/mol. The zero-order valence-corrected chi connectivity index (χ0v) is 17.3. The van der Waals surface area contributed by atoms with Gasteiger partial charge in [0.05, 0.1) is 26.2 Å². The van der Waals surface area contributed by atoms with Crippen molar-refractivity contribution in [3.8, 4) is 11.5 Å². The summed E-state index contributed by atoms with van der Waals surface area (Å²) in [6.07, 6.45) is 2.44. The summed E-state index contributed by atoms with van der Waals surface area (Å²) in [4.78, 5) is 29.3. The summed E-state index contributed by atoms with van der Waals surface area (Å²) in [6, 6.07) is 14.6. The lowest BCUT2D eigenvalue weighted by molar-refractivity contribution is -0.886. The molecule has 2 aromatic carbocycles. The molecule has 7 nitrogen and oxygen atoms in total. The van der Waals surface area contributed by atoms with Crippen molar-refractivity contribution in [3.05, 3.63) is 70.1 Å². The second-order valence-electron chi connectivity index (χ2n) is 8.11. The highest BCUT2D eigenvalue weighted by Crippen LogP contribution is 2.32. The quantitative estimate of drug-likeness (QED) is 0.615. The van der Waals surface area contributed by atoms with E-state index in [4.69, 9.17) is 13.9 Å². The number of carbonyl (C=O) groups excluding carboxylic acids is 1. The molecule has 3 heterocycles. The fraction of sp³-hybridized carbons (Fsp3) is 0.333. The maximum Gasteiger partial charge on any atom is 0.349 e. The lowest BCUT2D eigenvalue weighted by atomic mass is 10.1. The van der Waals surface area contributed by atoms with Crippen molar-refractivity contribution in [2.75, 3.05) is 33.0 Å². The topological polar surface area (TPSA) is 73.4 Å². The van der Waals surface area contributed by atoms with Crippen LogP contribution in [0.25, 0.3) is 11.0 Å². The number of quaternary nitrogens is 1. The largest absolute Gasteiger partial charge is 0.454 e. The highest BCUT2D eigenvalue weighted by Gasteiger charge is 2.24. The van der Waals surface area contributed by atoms with Gasteiger partial charge < -0.3 is 23.7 Å². The molecular weight excluding hydrogens is 396 g/mol. The lowest BCUT2D eigenvalue weighted by Crippen LogP contribution is -3.10. The van der Waals surface area contributed by atoms with Gasteiger partial charge in [0.15, 0.2) is 11.5 Å². The smallest absolute Gasteiger partial charge is 0.349 e. The number of nitrogens with one attached hydrogen (secondary N) is 1. The number of ether oxygens (including phenoxy) is 2. The van der Waals surface area contributed by atoms with Crippen LogP contribution < -0.4 is 20.0 Å². The van der Waals surface area contributed by atoms with Crippen molar-refractivity contribution in [3.63, 3.8) is 0 Å². The molecule has 0 unspecified atom stereocenters. The van der Waals surface area contributed by atoms with Crippen LogP contribution in [-0.2, 0) is 6.54 Å². The molecule has 0 atom stereocenters. The van der Waals surface area contributed by atoms with Crippen LogP contribution in [0, 0.1) is 0 Å². The molecule has 1 amide bonds. The molecule has 1 fully saturated rings. The summed E-state index contributed by atoms with van der Waals surface area (Å²) >= 11 is 0. The number of nitrogens with zero attached hydrogens (tertiary/aromatic N) is 1. The lowest BCUT2D eigenvalue weighted by Gasteiger charge is -2.24. The summed E-state index contributed by atoms with van der Waals surface area (Å²) in [7, 11) is 0. The third-order valence-electron chi connectivity index (χ3n) is 6.02. The molecule has 1 aromatic heterocycles. The Morgan fingerprint density at radius 3 is 2.68 bits per heavy atom. The molecule has 0 spiro atoms. The molecule has 3 aromatic rings. The van der Waals surface area contributed by atoms with Gasteiger partial charge in [-0.15, -0.1) is 0 Å². The van der Waals surface area contributed by atoms with Crippen LogP contribution >= 0.6 is 0 Å². The van der Waals surface area contributed by atoms with Gasteiger partial charge in [0.1, 0.15) is 11.1 Å². The molecule has 0 bridgehead atoms. The Balaban J connectivity index is 1.43. The van der Waals surface area contributed by atoms with Crippen molar-refractivity contribution in [1.82, 2.24) is 4.90 Å². The van der Waals surface area contributed by atoms with E-state index in [1.165, 1.54) is 17.7 Å². The van der Waals surface area contributed by atoms with Crippen LogP contribution in [0.1, 0.15) is 28.8 Å². The number of rotatable bonds is 6. The van der Waals surface area contributed by atoms with Gasteiger partial charge in [0, 0.05) is 24.8 Å². The Morgan fingerprint density at radius 1 is 1.00 bits per heavy atom. The fourth-order valence-electron chi connectivity index (χ4n) is 4.31. The molecule has 1 N–H and O–H groups in total. The van der Waals surface area contributed by atoms with Crippen molar-refractivity contribution in [2.45, 2.75) is 19.4 Å². The van der Waals surface area contributed by atoms with E-state index in [0.717, 1.165) is 30.6 Å². The number of likely N-dealkylation sites (tertiary alicyclic amines) is 1. The predicted octanol–water partition coefficient (Wildman–Crippen LogP) is 1.84. The molecule has 2 aliphatic rings. The maximum absolute atomic E-state index is 13.5. The van der Waals surface area contributed by atoms with Crippen LogP contribution in [0.5, 0.6) is 11.5 Å². The summed E-state index contributed by atoms with van der Waals surface area (Å²) in [5.41, 5.74) is 0.871. The van der Waals surface area contributed by atoms with Crippen LogP contribution in [0.3, 0.4) is 0 Å². The van der Waals surface area contributed by atoms with Crippen LogP contribution in [0.4, 0.5) is 0 Å². The van der Waals surface area contributed by atoms with E-state index in [1.807, 2.05) is 30.3 Å². The van der Waals surface area contributed by atoms with Gasteiger partial charge in [-0.2, -0.15) is 0 Å². The van der Waals surface area contributed by atoms with Gasteiger partial charge >= 0.3 is 5.63 Å². The number of carbonyl (C=O) groups is 1. The van der Waals surface area contributed by atoms with Crippen LogP contribution in [0.2, 0.25) is 0 Å². The summed E-state index contributed by atoms with van der Waals surface area (Å²) in [5, 5.41) is 0.735. The van der Waals surface area contributed by atoms with Gasteiger partial charge in [-0.25, -0.2) is 4.79 Å². The number of benzene rings is 2. The Labute approximate surface area is 179 Å². The van der Waals surface area contributed by atoms with E-state index in [2.05, 4.69) is 0 Å². The van der Waals surface area contributed by atoms with E-state index in [0.29, 0.717) is 30.2 Å². The van der Waals surface area contributed by atoms with E-state index in [-0.39, 0.29) is 18.3 Å². The molecule has 7 heteroatoms. The minimum atomic E-state index is -0.604. The number of hydrogen-bond acceptors (Lipinski definition) is 5. The zero-order valence-electron chi connectivity index (χ0n) is 17.3. The summed E-state index contributed by atoms with van der Waals surface area (Å²) < 4.78 is 16.3. The second-order valence-corrected chi connectivity index (χ2v) is 8.11. The molecule has 0 radical (unpaired) electrons. The van der Waals surface area contributed by atoms with Crippen molar-refractivity contribution >= 4 is 16.9 Å². The number of para-hydroxylation sites is 1. The third kappa shape index (κ3) is 4.14. The van der Waals surface area contributed by atoms with E-state index >= 15 is 0 Å². The first kappa shape index (κ1) is 19.6. The van der Waals surface area contributed by atoms with Gasteiger partial charge in [-0.05, 0) is 29.8 Å². The number of fused-ring (bicyclic) bond motifs is 2. The molecule has 1 saturated heterocycles. The SMILES string of the molecule is O=C(c1cc2ccccc2oc1=O)N(CC[NH+]1CCCC1)Cc1ccc2c(c1)OCO2. The molecule has 31 heavy (non-hydrogen) atoms. The number of amides is 1.